The molecule has 0 amide bonds. The molecule has 0 bridgehead atoms. The first kappa shape index (κ1) is 22.5. The number of hydrogen-bond acceptors (Lipinski definition) is 5. The minimum atomic E-state index is -4.25. The van der Waals surface area contributed by atoms with E-state index >= 15 is 0 Å². The zero-order valence-electron chi connectivity index (χ0n) is 16.7. The smallest absolute Gasteiger partial charge is 0.391 e. The van der Waals surface area contributed by atoms with Gasteiger partial charge in [-0.15, -0.1) is 5.10 Å². The molecule has 2 atom stereocenters. The van der Waals surface area contributed by atoms with Crippen LogP contribution in [0.15, 0.2) is 21.3 Å². The van der Waals surface area contributed by atoms with E-state index in [9.17, 15) is 26.4 Å². The molecule has 1 aliphatic heterocycles. The molecule has 12 heteroatoms. The lowest BCUT2D eigenvalue weighted by molar-refractivity contribution is -0.0414. The van der Waals surface area contributed by atoms with Gasteiger partial charge in [0, 0.05) is 31.8 Å². The van der Waals surface area contributed by atoms with Crippen molar-refractivity contribution in [1.29, 1.82) is 0 Å². The van der Waals surface area contributed by atoms with Gasteiger partial charge >= 0.3 is 5.76 Å². The predicted octanol–water partition coefficient (Wildman–Crippen LogP) is 2.53. The maximum Gasteiger partial charge on any atom is 0.434 e. The Morgan fingerprint density at radius 1 is 1.27 bits per heavy atom. The van der Waals surface area contributed by atoms with E-state index in [4.69, 9.17) is 4.42 Å². The van der Waals surface area contributed by atoms with E-state index in [-0.39, 0.29) is 24.5 Å². The van der Waals surface area contributed by atoms with Gasteiger partial charge in [0.2, 0.25) is 5.89 Å². The molecule has 8 nitrogen and oxygen atoms in total. The van der Waals surface area contributed by atoms with Gasteiger partial charge in [-0.1, -0.05) is 13.0 Å². The molecule has 2 aromatic rings. The van der Waals surface area contributed by atoms with Crippen molar-refractivity contribution in [2.45, 2.75) is 51.5 Å². The fourth-order valence-corrected chi connectivity index (χ4v) is 5.00. The Morgan fingerprint density at radius 3 is 2.47 bits per heavy atom. The van der Waals surface area contributed by atoms with Crippen molar-refractivity contribution in [2.75, 3.05) is 13.1 Å². The molecule has 166 valence electrons. The van der Waals surface area contributed by atoms with Crippen molar-refractivity contribution in [3.8, 4) is 0 Å². The van der Waals surface area contributed by atoms with Crippen LogP contribution in [0.1, 0.15) is 54.3 Å². The molecule has 0 spiro atoms. The molecule has 1 aliphatic rings. The molecule has 0 aliphatic carbocycles. The number of nitrogens with one attached hydrogen (secondary N) is 2. The molecule has 2 heterocycles. The van der Waals surface area contributed by atoms with Crippen molar-refractivity contribution >= 4 is 10.2 Å². The summed E-state index contributed by atoms with van der Waals surface area (Å²) in [5, 5.41) is 5.76. The molecular formula is C18H23F3N4O4S. The van der Waals surface area contributed by atoms with Crippen molar-refractivity contribution in [1.82, 2.24) is 19.2 Å². The predicted molar refractivity (Wildman–Crippen MR) is 102 cm³/mol. The molecule has 0 saturated carbocycles. The lowest BCUT2D eigenvalue weighted by Gasteiger charge is -2.33. The third-order valence-corrected chi connectivity index (χ3v) is 7.08. The van der Waals surface area contributed by atoms with Gasteiger partial charge in [0.1, 0.15) is 11.9 Å². The van der Waals surface area contributed by atoms with E-state index in [2.05, 4.69) is 14.9 Å². The maximum atomic E-state index is 14.6. The number of H-pyrrole nitrogens is 1. The molecular weight excluding hydrogens is 425 g/mol. The highest BCUT2D eigenvalue weighted by atomic mass is 32.2. The number of aromatic nitrogens is 2. The van der Waals surface area contributed by atoms with Gasteiger partial charge in [-0.3, -0.25) is 0 Å². The second kappa shape index (κ2) is 8.16. The minimum absolute atomic E-state index is 0.235. The van der Waals surface area contributed by atoms with Crippen LogP contribution in [0.3, 0.4) is 0 Å². The molecule has 30 heavy (non-hydrogen) atoms. The number of aromatic amines is 1. The lowest BCUT2D eigenvalue weighted by atomic mass is 9.88. The molecule has 2 N–H and O–H groups in total. The third kappa shape index (κ3) is 4.60. The Hall–Kier alpha value is -2.18. The normalized spacial score (nSPS) is 19.5. The van der Waals surface area contributed by atoms with E-state index < -0.39 is 52.5 Å². The summed E-state index contributed by atoms with van der Waals surface area (Å²) in [7, 11) is -4.25. The molecule has 0 radical (unpaired) electrons. The highest BCUT2D eigenvalue weighted by Gasteiger charge is 2.40. The minimum Gasteiger partial charge on any atom is -0.391 e. The van der Waals surface area contributed by atoms with Crippen LogP contribution in [-0.4, -0.2) is 41.9 Å². The van der Waals surface area contributed by atoms with Crippen LogP contribution in [0.5, 0.6) is 0 Å². The Morgan fingerprint density at radius 2 is 1.90 bits per heavy atom. The second-order valence-corrected chi connectivity index (χ2v) is 9.20. The molecule has 1 aromatic carbocycles. The van der Waals surface area contributed by atoms with Gasteiger partial charge in [-0.25, -0.2) is 23.1 Å². The maximum absolute atomic E-state index is 14.6. The SMILES string of the molecule is Cc1ccc(F)c([C@H](C)[C@H](NS(=O)(=O)N2CCC(F)(F)CC2)c2n[nH]c(=O)o2)c1C. The molecule has 3 rings (SSSR count). The van der Waals surface area contributed by atoms with Crippen molar-refractivity contribution in [2.24, 2.45) is 0 Å². The first-order valence-electron chi connectivity index (χ1n) is 9.37. The Kier molecular flexibility index (Phi) is 6.12. The van der Waals surface area contributed by atoms with Crippen LogP contribution in [0.4, 0.5) is 13.2 Å². The fourth-order valence-electron chi connectivity index (χ4n) is 3.56. The van der Waals surface area contributed by atoms with Gasteiger partial charge < -0.3 is 4.42 Å². The summed E-state index contributed by atoms with van der Waals surface area (Å²) in [5.74, 6) is -5.47. The third-order valence-electron chi connectivity index (χ3n) is 5.48. The van der Waals surface area contributed by atoms with Crippen LogP contribution in [0, 0.1) is 19.7 Å². The van der Waals surface area contributed by atoms with Crippen LogP contribution in [0.2, 0.25) is 0 Å². The Bertz CT molecular complexity index is 1070. The number of hydrogen-bond donors (Lipinski definition) is 2. The largest absolute Gasteiger partial charge is 0.434 e. The highest BCUT2D eigenvalue weighted by molar-refractivity contribution is 7.87. The first-order chi connectivity index (χ1) is 13.9. The summed E-state index contributed by atoms with van der Waals surface area (Å²) in [4.78, 5) is 11.5. The molecule has 1 aromatic heterocycles. The number of rotatable bonds is 6. The summed E-state index contributed by atoms with van der Waals surface area (Å²) in [5.41, 5.74) is 1.64. The summed E-state index contributed by atoms with van der Waals surface area (Å²) in [6.07, 6.45) is -1.20. The number of alkyl halides is 2. The lowest BCUT2D eigenvalue weighted by Crippen LogP contribution is -2.49. The van der Waals surface area contributed by atoms with Crippen molar-refractivity contribution in [3.05, 3.63) is 51.1 Å². The number of halogens is 3. The summed E-state index contributed by atoms with van der Waals surface area (Å²) in [6, 6.07) is 1.63. The summed E-state index contributed by atoms with van der Waals surface area (Å²) in [6.45, 7) is 4.31. The van der Waals surface area contributed by atoms with E-state index in [1.54, 1.807) is 26.8 Å². The number of piperidine rings is 1. The fraction of sp³-hybridized carbons (Fsp3) is 0.556. The van der Waals surface area contributed by atoms with Gasteiger partial charge in [0.15, 0.2) is 0 Å². The van der Waals surface area contributed by atoms with E-state index in [1.165, 1.54) is 6.07 Å². The van der Waals surface area contributed by atoms with Crippen LogP contribution < -0.4 is 10.5 Å². The first-order valence-corrected chi connectivity index (χ1v) is 10.8. The standard InChI is InChI=1S/C18H23F3N4O4S/c1-10-4-5-13(19)14(11(10)2)12(3)15(16-22-23-17(26)29-16)24-30(27,28)25-8-6-18(20,21)7-9-25/h4-5,12,15,24H,6-9H2,1-3H3,(H,23,26)/t12-,15-/m0/s1. The van der Waals surface area contributed by atoms with E-state index in [1.807, 2.05) is 0 Å². The number of nitrogens with zero attached hydrogens (tertiary/aromatic N) is 2. The summed E-state index contributed by atoms with van der Waals surface area (Å²) < 4.78 is 75.5. The highest BCUT2D eigenvalue weighted by Crippen LogP contribution is 2.35. The number of aryl methyl sites for hydroxylation is 1. The van der Waals surface area contributed by atoms with Gasteiger partial charge in [-0.05, 0) is 36.6 Å². The van der Waals surface area contributed by atoms with Gasteiger partial charge in [0.25, 0.3) is 16.1 Å². The Labute approximate surface area is 171 Å². The topological polar surface area (TPSA) is 108 Å². The van der Waals surface area contributed by atoms with Crippen LogP contribution in [0.25, 0.3) is 0 Å². The van der Waals surface area contributed by atoms with Crippen LogP contribution in [-0.2, 0) is 10.2 Å². The zero-order chi connectivity index (χ0) is 22.3. The van der Waals surface area contributed by atoms with Crippen molar-refractivity contribution in [3.63, 3.8) is 0 Å². The molecule has 1 fully saturated rings. The monoisotopic (exact) mass is 448 g/mol. The van der Waals surface area contributed by atoms with Crippen LogP contribution >= 0.6 is 0 Å². The Balaban J connectivity index is 1.97. The molecule has 1 saturated heterocycles. The van der Waals surface area contributed by atoms with Gasteiger partial charge in [-0.2, -0.15) is 17.4 Å². The van der Waals surface area contributed by atoms with Crippen molar-refractivity contribution < 1.29 is 26.0 Å². The summed E-state index contributed by atoms with van der Waals surface area (Å²) >= 11 is 0. The quantitative estimate of drug-likeness (QED) is 0.706. The number of benzene rings is 1. The zero-order valence-corrected chi connectivity index (χ0v) is 17.5. The van der Waals surface area contributed by atoms with E-state index in [0.717, 1.165) is 9.87 Å². The average Bonchev–Trinajstić information content (AvgIpc) is 3.09. The van der Waals surface area contributed by atoms with E-state index in [0.29, 0.717) is 5.56 Å². The second-order valence-electron chi connectivity index (χ2n) is 7.50. The van der Waals surface area contributed by atoms with Gasteiger partial charge in [0.05, 0.1) is 0 Å². The average molecular weight is 448 g/mol. The molecule has 0 unspecified atom stereocenters.